The van der Waals surface area contributed by atoms with Gasteiger partial charge in [0.25, 0.3) is 5.91 Å². The number of hydrogen-bond donors (Lipinski definition) is 1. The third kappa shape index (κ3) is 3.19. The zero-order chi connectivity index (χ0) is 14.0. The van der Waals surface area contributed by atoms with E-state index >= 15 is 0 Å². The molecule has 19 heavy (non-hydrogen) atoms. The van der Waals surface area contributed by atoms with Gasteiger partial charge in [-0.2, -0.15) is 0 Å². The number of carbonyl (C=O) groups is 2. The summed E-state index contributed by atoms with van der Waals surface area (Å²) in [5.41, 5.74) is 0.293. The van der Waals surface area contributed by atoms with Crippen molar-refractivity contribution in [2.24, 2.45) is 5.92 Å². The van der Waals surface area contributed by atoms with Crippen LogP contribution in [0.3, 0.4) is 0 Å². The van der Waals surface area contributed by atoms with Crippen LogP contribution in [0.25, 0.3) is 0 Å². The van der Waals surface area contributed by atoms with Crippen molar-refractivity contribution in [2.75, 3.05) is 13.1 Å². The Morgan fingerprint density at radius 1 is 1.32 bits per heavy atom. The minimum atomic E-state index is -0.838. The Morgan fingerprint density at radius 3 is 2.53 bits per heavy atom. The molecule has 1 aliphatic rings. The summed E-state index contributed by atoms with van der Waals surface area (Å²) in [6.07, 6.45) is 0.778. The van der Waals surface area contributed by atoms with E-state index in [0.717, 1.165) is 0 Å². The molecule has 102 valence electrons. The van der Waals surface area contributed by atoms with Crippen molar-refractivity contribution in [3.8, 4) is 0 Å². The number of likely N-dealkylation sites (tertiary alicyclic amines) is 1. The van der Waals surface area contributed by atoms with Crippen molar-refractivity contribution in [1.82, 2.24) is 4.90 Å². The second kappa shape index (κ2) is 5.80. The van der Waals surface area contributed by atoms with Crippen molar-refractivity contribution in [3.05, 3.63) is 33.8 Å². The molecule has 0 radical (unpaired) electrons. The van der Waals surface area contributed by atoms with Gasteiger partial charge in [0.15, 0.2) is 0 Å². The molecule has 1 aromatic carbocycles. The van der Waals surface area contributed by atoms with Gasteiger partial charge in [-0.25, -0.2) is 0 Å². The van der Waals surface area contributed by atoms with Crippen molar-refractivity contribution in [3.63, 3.8) is 0 Å². The number of amides is 1. The molecular formula is C13H13Cl2NO3. The number of halogens is 2. The highest BCUT2D eigenvalue weighted by Crippen LogP contribution is 2.28. The fourth-order valence-electron chi connectivity index (χ4n) is 2.29. The minimum Gasteiger partial charge on any atom is -0.481 e. The second-order valence-electron chi connectivity index (χ2n) is 4.60. The summed E-state index contributed by atoms with van der Waals surface area (Å²) in [6.45, 7) is 0.977. The van der Waals surface area contributed by atoms with Gasteiger partial charge in [0.05, 0.1) is 15.6 Å². The first-order valence-electron chi connectivity index (χ1n) is 5.94. The average Bonchev–Trinajstić information content (AvgIpc) is 2.76. The van der Waals surface area contributed by atoms with Crippen LogP contribution in [0.4, 0.5) is 0 Å². The number of nitrogens with zero attached hydrogens (tertiary/aromatic N) is 1. The lowest BCUT2D eigenvalue weighted by atomic mass is 10.1. The lowest BCUT2D eigenvalue weighted by Crippen LogP contribution is -2.29. The minimum absolute atomic E-state index is 0.00251. The molecule has 1 N–H and O–H groups in total. The van der Waals surface area contributed by atoms with E-state index in [1.54, 1.807) is 23.1 Å². The number of carboxylic acid groups (broad SMARTS) is 1. The second-order valence-corrected chi connectivity index (χ2v) is 5.41. The molecule has 0 spiro atoms. The number of carboxylic acids is 1. The molecule has 2 rings (SSSR count). The number of aliphatic carboxylic acids is 1. The Morgan fingerprint density at radius 2 is 1.95 bits per heavy atom. The molecule has 0 aliphatic carbocycles. The Balaban J connectivity index is 2.11. The molecule has 1 aromatic rings. The van der Waals surface area contributed by atoms with Crippen LogP contribution >= 0.6 is 23.2 Å². The van der Waals surface area contributed by atoms with Crippen LogP contribution in [0.5, 0.6) is 0 Å². The summed E-state index contributed by atoms with van der Waals surface area (Å²) >= 11 is 12.0. The van der Waals surface area contributed by atoms with Crippen LogP contribution in [-0.2, 0) is 4.79 Å². The van der Waals surface area contributed by atoms with Gasteiger partial charge < -0.3 is 10.0 Å². The number of hydrogen-bond acceptors (Lipinski definition) is 2. The summed E-state index contributed by atoms with van der Waals surface area (Å²) in [6, 6.07) is 4.91. The summed E-state index contributed by atoms with van der Waals surface area (Å²) in [5, 5.41) is 9.40. The third-order valence-electron chi connectivity index (χ3n) is 3.21. The van der Waals surface area contributed by atoms with E-state index in [4.69, 9.17) is 28.3 Å². The van der Waals surface area contributed by atoms with E-state index in [0.29, 0.717) is 35.1 Å². The third-order valence-corrected chi connectivity index (χ3v) is 3.84. The van der Waals surface area contributed by atoms with Gasteiger partial charge in [-0.3, -0.25) is 9.59 Å². The maximum Gasteiger partial charge on any atom is 0.303 e. The smallest absolute Gasteiger partial charge is 0.303 e. The molecule has 1 amide bonds. The van der Waals surface area contributed by atoms with Crippen molar-refractivity contribution >= 4 is 35.1 Å². The Bertz CT molecular complexity index is 498. The quantitative estimate of drug-likeness (QED) is 0.934. The number of carbonyl (C=O) groups excluding carboxylic acids is 1. The molecule has 1 heterocycles. The van der Waals surface area contributed by atoms with Gasteiger partial charge in [-0.15, -0.1) is 0 Å². The van der Waals surface area contributed by atoms with Gasteiger partial charge in [0.1, 0.15) is 0 Å². The summed E-state index contributed by atoms with van der Waals surface area (Å²) < 4.78 is 0. The van der Waals surface area contributed by atoms with Crippen molar-refractivity contribution in [1.29, 1.82) is 0 Å². The number of rotatable bonds is 3. The van der Waals surface area contributed by atoms with Gasteiger partial charge in [0.2, 0.25) is 0 Å². The first-order chi connectivity index (χ1) is 8.99. The monoisotopic (exact) mass is 301 g/mol. The van der Waals surface area contributed by atoms with E-state index in [-0.39, 0.29) is 18.2 Å². The maximum absolute atomic E-state index is 12.3. The first-order valence-corrected chi connectivity index (χ1v) is 6.69. The summed E-state index contributed by atoms with van der Waals surface area (Å²) in [5.74, 6) is -1.07. The highest BCUT2D eigenvalue weighted by molar-refractivity contribution is 6.39. The lowest BCUT2D eigenvalue weighted by Gasteiger charge is -2.17. The topological polar surface area (TPSA) is 57.6 Å². The highest BCUT2D eigenvalue weighted by atomic mass is 35.5. The summed E-state index contributed by atoms with van der Waals surface area (Å²) in [7, 11) is 0. The predicted molar refractivity (Wildman–Crippen MR) is 72.7 cm³/mol. The Labute approximate surface area is 120 Å². The molecule has 1 saturated heterocycles. The van der Waals surface area contributed by atoms with E-state index < -0.39 is 5.97 Å². The largest absolute Gasteiger partial charge is 0.481 e. The molecule has 1 fully saturated rings. The van der Waals surface area contributed by atoms with Gasteiger partial charge in [0, 0.05) is 19.5 Å². The number of benzene rings is 1. The SMILES string of the molecule is O=C(O)CC1CCN(C(=O)c2c(Cl)cccc2Cl)C1. The van der Waals surface area contributed by atoms with Gasteiger partial charge in [-0.05, 0) is 24.5 Å². The lowest BCUT2D eigenvalue weighted by molar-refractivity contribution is -0.138. The molecule has 1 atom stereocenters. The molecular weight excluding hydrogens is 289 g/mol. The molecule has 0 aromatic heterocycles. The zero-order valence-electron chi connectivity index (χ0n) is 10.1. The zero-order valence-corrected chi connectivity index (χ0v) is 11.6. The van der Waals surface area contributed by atoms with Gasteiger partial charge in [-0.1, -0.05) is 29.3 Å². The highest BCUT2D eigenvalue weighted by Gasteiger charge is 2.30. The van der Waals surface area contributed by atoms with Crippen LogP contribution in [0.1, 0.15) is 23.2 Å². The van der Waals surface area contributed by atoms with Crippen molar-refractivity contribution in [2.45, 2.75) is 12.8 Å². The molecule has 4 nitrogen and oxygen atoms in total. The fourth-order valence-corrected chi connectivity index (χ4v) is 2.85. The predicted octanol–water partition coefficient (Wildman–Crippen LogP) is 2.93. The maximum atomic E-state index is 12.3. The first kappa shape index (κ1) is 14.2. The molecule has 1 unspecified atom stereocenters. The van der Waals surface area contributed by atoms with Gasteiger partial charge >= 0.3 is 5.97 Å². The molecule has 6 heteroatoms. The molecule has 0 bridgehead atoms. The van der Waals surface area contributed by atoms with E-state index in [2.05, 4.69) is 0 Å². The normalized spacial score (nSPS) is 18.6. The van der Waals surface area contributed by atoms with Crippen LogP contribution in [0.2, 0.25) is 10.0 Å². The summed E-state index contributed by atoms with van der Waals surface area (Å²) in [4.78, 5) is 24.6. The molecule has 0 saturated carbocycles. The fraction of sp³-hybridized carbons (Fsp3) is 0.385. The van der Waals surface area contributed by atoms with E-state index in [1.165, 1.54) is 0 Å². The Kier molecular flexibility index (Phi) is 4.32. The van der Waals surface area contributed by atoms with Crippen LogP contribution in [0, 0.1) is 5.92 Å². The van der Waals surface area contributed by atoms with Crippen LogP contribution in [-0.4, -0.2) is 35.0 Å². The Hall–Kier alpha value is -1.26. The van der Waals surface area contributed by atoms with Crippen LogP contribution < -0.4 is 0 Å². The van der Waals surface area contributed by atoms with Crippen molar-refractivity contribution < 1.29 is 14.7 Å². The average molecular weight is 302 g/mol. The van der Waals surface area contributed by atoms with Crippen LogP contribution in [0.15, 0.2) is 18.2 Å². The van der Waals surface area contributed by atoms with E-state index in [1.807, 2.05) is 0 Å². The molecule has 1 aliphatic heterocycles. The van der Waals surface area contributed by atoms with E-state index in [9.17, 15) is 9.59 Å². The standard InChI is InChI=1S/C13H13Cl2NO3/c14-9-2-1-3-10(15)12(9)13(19)16-5-4-8(7-16)6-11(17)18/h1-3,8H,4-7H2,(H,17,18).